The number of pyridine rings is 1. The summed E-state index contributed by atoms with van der Waals surface area (Å²) in [5, 5.41) is 13.3. The number of hydrogen-bond donors (Lipinski definition) is 3. The van der Waals surface area contributed by atoms with Crippen LogP contribution in [0.5, 0.6) is 0 Å². The second-order valence-electron chi connectivity index (χ2n) is 8.42. The average molecular weight is 458 g/mol. The van der Waals surface area contributed by atoms with Gasteiger partial charge in [-0.2, -0.15) is 5.10 Å². The van der Waals surface area contributed by atoms with Crippen LogP contribution in [0.2, 0.25) is 0 Å². The van der Waals surface area contributed by atoms with Crippen LogP contribution in [-0.2, 0) is 6.42 Å². The third kappa shape index (κ3) is 4.70. The van der Waals surface area contributed by atoms with E-state index in [1.807, 2.05) is 43.5 Å². The highest BCUT2D eigenvalue weighted by atomic mass is 15.1. The zero-order chi connectivity index (χ0) is 24.2. The molecular weight excluding hydrogens is 430 g/mol. The summed E-state index contributed by atoms with van der Waals surface area (Å²) in [6.07, 6.45) is 10.4. The van der Waals surface area contributed by atoms with E-state index in [0.717, 1.165) is 62.1 Å². The van der Waals surface area contributed by atoms with Crippen molar-refractivity contribution in [2.45, 2.75) is 13.3 Å². The first kappa shape index (κ1) is 22.2. The van der Waals surface area contributed by atoms with Crippen molar-refractivity contribution in [3.63, 3.8) is 0 Å². The van der Waals surface area contributed by atoms with Crippen LogP contribution in [0.1, 0.15) is 18.1 Å². The lowest BCUT2D eigenvalue weighted by molar-refractivity contribution is 0.942. The number of aromatic nitrogens is 4. The highest BCUT2D eigenvalue weighted by molar-refractivity contribution is 5.97. The lowest BCUT2D eigenvalue weighted by atomic mass is 10.0. The number of hydrogen-bond acceptors (Lipinski definition) is 3. The Balaban J connectivity index is 1.43. The lowest BCUT2D eigenvalue weighted by Crippen LogP contribution is -2.12. The van der Waals surface area contributed by atoms with Gasteiger partial charge in [0.05, 0.1) is 22.9 Å². The van der Waals surface area contributed by atoms with Gasteiger partial charge in [-0.1, -0.05) is 55.6 Å². The molecule has 0 atom stereocenters. The molecule has 5 nitrogen and oxygen atoms in total. The molecule has 0 bridgehead atoms. The highest BCUT2D eigenvalue weighted by Crippen LogP contribution is 2.31. The van der Waals surface area contributed by atoms with Crippen molar-refractivity contribution >= 4 is 27.4 Å². The number of nitrogens with zero attached hydrogens (tertiary/aromatic N) is 2. The first-order chi connectivity index (χ1) is 17.1. The third-order valence-electron chi connectivity index (χ3n) is 6.00. The summed E-state index contributed by atoms with van der Waals surface area (Å²) in [5.74, 6) is 0. The molecule has 172 valence electrons. The van der Waals surface area contributed by atoms with Crippen molar-refractivity contribution in [1.82, 2.24) is 25.5 Å². The molecule has 3 heterocycles. The number of allylic oxidation sites excluding steroid dienone is 5. The van der Waals surface area contributed by atoms with Crippen molar-refractivity contribution in [2.75, 3.05) is 0 Å². The van der Waals surface area contributed by atoms with Gasteiger partial charge in [0.15, 0.2) is 0 Å². The van der Waals surface area contributed by atoms with Gasteiger partial charge >= 0.3 is 0 Å². The van der Waals surface area contributed by atoms with Gasteiger partial charge in [0.1, 0.15) is 5.69 Å². The summed E-state index contributed by atoms with van der Waals surface area (Å²) >= 11 is 0. The average Bonchev–Trinajstić information content (AvgIpc) is 3.50. The molecule has 5 aromatic rings. The van der Waals surface area contributed by atoms with E-state index in [0.29, 0.717) is 0 Å². The van der Waals surface area contributed by atoms with Crippen LogP contribution >= 0.6 is 0 Å². The minimum Gasteiger partial charge on any atom is -0.359 e. The molecule has 0 spiro atoms. The largest absolute Gasteiger partial charge is 0.359 e. The van der Waals surface area contributed by atoms with Crippen LogP contribution in [0.3, 0.4) is 0 Å². The molecule has 0 unspecified atom stereocenters. The van der Waals surface area contributed by atoms with Gasteiger partial charge in [0.2, 0.25) is 0 Å². The maximum absolute atomic E-state index is 4.59. The van der Waals surface area contributed by atoms with Crippen molar-refractivity contribution in [2.24, 2.45) is 0 Å². The fraction of sp³-hybridized carbons (Fsp3) is 0.0667. The van der Waals surface area contributed by atoms with E-state index in [4.69, 9.17) is 0 Å². The minimum absolute atomic E-state index is 0.752. The van der Waals surface area contributed by atoms with E-state index < -0.39 is 0 Å². The van der Waals surface area contributed by atoms with Gasteiger partial charge in [0.25, 0.3) is 0 Å². The normalized spacial score (nSPS) is 12.3. The van der Waals surface area contributed by atoms with E-state index >= 15 is 0 Å². The second kappa shape index (κ2) is 9.69. The SMILES string of the molecule is C=C/C(=C\C(=C/C)c1ccc2[nH]nc(-c3cc4ccncc4[nH]3)c2c1)NC(=C)Cc1ccccc1. The van der Waals surface area contributed by atoms with Gasteiger partial charge in [-0.3, -0.25) is 10.1 Å². The topological polar surface area (TPSA) is 69.4 Å². The van der Waals surface area contributed by atoms with Crippen LogP contribution in [0.25, 0.3) is 38.8 Å². The summed E-state index contributed by atoms with van der Waals surface area (Å²) in [6.45, 7) is 10.2. The molecule has 0 fully saturated rings. The summed E-state index contributed by atoms with van der Waals surface area (Å²) in [4.78, 5) is 7.64. The van der Waals surface area contributed by atoms with Crippen molar-refractivity contribution in [3.05, 3.63) is 127 Å². The number of aromatic amines is 2. The van der Waals surface area contributed by atoms with Gasteiger partial charge in [-0.05, 0) is 60.0 Å². The Morgan fingerprint density at radius 2 is 1.91 bits per heavy atom. The van der Waals surface area contributed by atoms with Gasteiger partial charge in [-0.15, -0.1) is 0 Å². The molecule has 3 N–H and O–H groups in total. The van der Waals surface area contributed by atoms with Crippen molar-refractivity contribution in [3.8, 4) is 11.4 Å². The second-order valence-corrected chi connectivity index (χ2v) is 8.42. The molecule has 0 aliphatic carbocycles. The van der Waals surface area contributed by atoms with Crippen LogP contribution in [0.15, 0.2) is 116 Å². The van der Waals surface area contributed by atoms with Gasteiger partial charge in [0, 0.05) is 34.8 Å². The number of fused-ring (bicyclic) bond motifs is 2. The molecule has 35 heavy (non-hydrogen) atoms. The molecule has 0 radical (unpaired) electrons. The first-order valence-corrected chi connectivity index (χ1v) is 11.6. The van der Waals surface area contributed by atoms with Gasteiger partial charge in [-0.25, -0.2) is 0 Å². The third-order valence-corrected chi connectivity index (χ3v) is 6.00. The molecule has 5 heteroatoms. The van der Waals surface area contributed by atoms with E-state index in [9.17, 15) is 0 Å². The minimum atomic E-state index is 0.752. The van der Waals surface area contributed by atoms with E-state index in [1.165, 1.54) is 5.56 Å². The number of benzene rings is 2. The Kier molecular flexibility index (Phi) is 6.14. The molecule has 0 aliphatic heterocycles. The monoisotopic (exact) mass is 457 g/mol. The van der Waals surface area contributed by atoms with E-state index in [-0.39, 0.29) is 0 Å². The summed E-state index contributed by atoms with van der Waals surface area (Å²) < 4.78 is 0. The smallest absolute Gasteiger partial charge is 0.116 e. The molecule has 0 saturated carbocycles. The fourth-order valence-electron chi connectivity index (χ4n) is 4.24. The Hall–Kier alpha value is -4.64. The summed E-state index contributed by atoms with van der Waals surface area (Å²) in [7, 11) is 0. The van der Waals surface area contributed by atoms with Gasteiger partial charge < -0.3 is 10.3 Å². The Labute approximate surface area is 204 Å². The zero-order valence-electron chi connectivity index (χ0n) is 19.7. The molecule has 0 saturated heterocycles. The predicted molar refractivity (Wildman–Crippen MR) is 146 cm³/mol. The number of rotatable bonds is 8. The molecule has 0 aliphatic rings. The maximum atomic E-state index is 4.59. The molecule has 5 rings (SSSR count). The summed E-state index contributed by atoms with van der Waals surface area (Å²) in [6, 6.07) is 20.7. The Bertz CT molecular complexity index is 1550. The molecule has 2 aromatic carbocycles. The number of H-pyrrole nitrogens is 2. The molecular formula is C30H27N5. The van der Waals surface area contributed by atoms with Crippen molar-refractivity contribution < 1.29 is 0 Å². The van der Waals surface area contributed by atoms with Crippen LogP contribution in [0.4, 0.5) is 0 Å². The quantitative estimate of drug-likeness (QED) is 0.221. The summed E-state index contributed by atoms with van der Waals surface area (Å²) in [5.41, 5.74) is 9.02. The fourth-order valence-corrected chi connectivity index (χ4v) is 4.24. The number of nitrogens with one attached hydrogen (secondary N) is 3. The Morgan fingerprint density at radius 3 is 2.69 bits per heavy atom. The first-order valence-electron chi connectivity index (χ1n) is 11.6. The van der Waals surface area contributed by atoms with Crippen molar-refractivity contribution in [1.29, 1.82) is 0 Å². The lowest BCUT2D eigenvalue weighted by Gasteiger charge is -2.12. The Morgan fingerprint density at radius 1 is 1.06 bits per heavy atom. The highest BCUT2D eigenvalue weighted by Gasteiger charge is 2.12. The maximum Gasteiger partial charge on any atom is 0.116 e. The van der Waals surface area contributed by atoms with E-state index in [2.05, 4.69) is 87.2 Å². The standard InChI is InChI=1S/C30H27N5/c1-4-22(16-25(5-2)32-20(3)15-21-9-7-6-8-10-21)23-11-12-27-26(17-23)30(35-34-27)28-18-24-13-14-31-19-29(24)33-28/h4-14,16-19,32-33H,2-3,15H2,1H3,(H,34,35)/b22-4+,25-16+. The molecule has 0 amide bonds. The van der Waals surface area contributed by atoms with Crippen LogP contribution in [-0.4, -0.2) is 20.2 Å². The van der Waals surface area contributed by atoms with Crippen LogP contribution in [0, 0.1) is 0 Å². The van der Waals surface area contributed by atoms with Crippen LogP contribution < -0.4 is 5.32 Å². The molecule has 3 aromatic heterocycles. The predicted octanol–water partition coefficient (Wildman–Crippen LogP) is 6.93. The zero-order valence-corrected chi connectivity index (χ0v) is 19.7. The van der Waals surface area contributed by atoms with E-state index in [1.54, 1.807) is 6.20 Å².